The first-order chi connectivity index (χ1) is 11.2. The van der Waals surface area contributed by atoms with Crippen molar-refractivity contribution in [3.05, 3.63) is 57.8 Å². The Labute approximate surface area is 141 Å². The van der Waals surface area contributed by atoms with Gasteiger partial charge in [-0.2, -0.15) is 11.3 Å². The van der Waals surface area contributed by atoms with Crippen LogP contribution in [0.3, 0.4) is 0 Å². The molecule has 1 atom stereocenters. The van der Waals surface area contributed by atoms with Crippen LogP contribution >= 0.6 is 11.3 Å². The number of hydrogen-bond acceptors (Lipinski definition) is 3. The number of aliphatic carboxylic acids is 1. The van der Waals surface area contributed by atoms with Crippen molar-refractivity contribution in [1.82, 2.24) is 4.90 Å². The van der Waals surface area contributed by atoms with Gasteiger partial charge in [-0.3, -0.25) is 9.69 Å². The Morgan fingerprint density at radius 2 is 1.91 bits per heavy atom. The first kappa shape index (κ1) is 16.2. The standard InChI is InChI=1S/C19H23NO2S/c1-2-14-3-5-15(6-4-14)18(17-9-12-23-13-17)20-10-7-16(8-11-20)19(21)22/h3-6,9,12-13,16,18H,2,7-8,10-11H2,1H3,(H,21,22). The van der Waals surface area contributed by atoms with Gasteiger partial charge in [-0.05, 0) is 65.9 Å². The van der Waals surface area contributed by atoms with Gasteiger partial charge in [0.15, 0.2) is 0 Å². The highest BCUT2D eigenvalue weighted by Crippen LogP contribution is 2.33. The van der Waals surface area contributed by atoms with Crippen LogP contribution in [0.2, 0.25) is 0 Å². The largest absolute Gasteiger partial charge is 0.481 e. The van der Waals surface area contributed by atoms with Crippen LogP contribution in [0.15, 0.2) is 41.1 Å². The van der Waals surface area contributed by atoms with E-state index < -0.39 is 5.97 Å². The zero-order chi connectivity index (χ0) is 16.2. The number of benzene rings is 1. The molecule has 0 amide bonds. The molecule has 0 bridgehead atoms. The van der Waals surface area contributed by atoms with Gasteiger partial charge in [-0.25, -0.2) is 0 Å². The topological polar surface area (TPSA) is 40.5 Å². The smallest absolute Gasteiger partial charge is 0.306 e. The van der Waals surface area contributed by atoms with Crippen molar-refractivity contribution in [2.75, 3.05) is 13.1 Å². The van der Waals surface area contributed by atoms with Gasteiger partial charge in [0.05, 0.1) is 12.0 Å². The lowest BCUT2D eigenvalue weighted by molar-refractivity contribution is -0.143. The summed E-state index contributed by atoms with van der Waals surface area (Å²) in [6, 6.07) is 11.3. The average molecular weight is 329 g/mol. The second-order valence-electron chi connectivity index (χ2n) is 6.20. The molecule has 3 nitrogen and oxygen atoms in total. The van der Waals surface area contributed by atoms with E-state index >= 15 is 0 Å². The van der Waals surface area contributed by atoms with Crippen molar-refractivity contribution >= 4 is 17.3 Å². The summed E-state index contributed by atoms with van der Waals surface area (Å²) in [6.45, 7) is 3.85. The monoisotopic (exact) mass is 329 g/mol. The lowest BCUT2D eigenvalue weighted by Gasteiger charge is -2.36. The van der Waals surface area contributed by atoms with E-state index in [-0.39, 0.29) is 12.0 Å². The van der Waals surface area contributed by atoms with E-state index in [1.807, 2.05) is 0 Å². The van der Waals surface area contributed by atoms with Crippen LogP contribution in [-0.2, 0) is 11.2 Å². The van der Waals surface area contributed by atoms with Crippen LogP contribution in [0.4, 0.5) is 0 Å². The first-order valence-electron chi connectivity index (χ1n) is 8.27. The zero-order valence-electron chi connectivity index (χ0n) is 13.4. The highest BCUT2D eigenvalue weighted by molar-refractivity contribution is 7.08. The van der Waals surface area contributed by atoms with Crippen molar-refractivity contribution < 1.29 is 9.90 Å². The number of carbonyl (C=O) groups is 1. The maximum atomic E-state index is 11.2. The number of rotatable bonds is 5. The van der Waals surface area contributed by atoms with Crippen molar-refractivity contribution in [2.45, 2.75) is 32.2 Å². The van der Waals surface area contributed by atoms with Crippen LogP contribution in [0.25, 0.3) is 0 Å². The molecule has 0 radical (unpaired) electrons. The molecule has 1 saturated heterocycles. The van der Waals surface area contributed by atoms with E-state index in [0.717, 1.165) is 32.4 Å². The Balaban J connectivity index is 1.83. The fourth-order valence-corrected chi connectivity index (χ4v) is 4.06. The SMILES string of the molecule is CCc1ccc(C(c2ccsc2)N2CCC(C(=O)O)CC2)cc1. The van der Waals surface area contributed by atoms with Gasteiger partial charge in [0.1, 0.15) is 0 Å². The fraction of sp³-hybridized carbons (Fsp3) is 0.421. The molecule has 1 aliphatic heterocycles. The van der Waals surface area contributed by atoms with Gasteiger partial charge < -0.3 is 5.11 Å². The summed E-state index contributed by atoms with van der Waals surface area (Å²) in [5, 5.41) is 13.5. The number of likely N-dealkylation sites (tertiary alicyclic amines) is 1. The molecule has 2 aromatic rings. The molecule has 1 N–H and O–H groups in total. The molecular formula is C19H23NO2S. The van der Waals surface area contributed by atoms with E-state index in [2.05, 4.69) is 52.9 Å². The molecule has 1 aromatic carbocycles. The Bertz CT molecular complexity index is 628. The lowest BCUT2D eigenvalue weighted by atomic mass is 9.92. The van der Waals surface area contributed by atoms with Crippen LogP contribution in [0, 0.1) is 5.92 Å². The third kappa shape index (κ3) is 3.65. The molecule has 4 heteroatoms. The molecular weight excluding hydrogens is 306 g/mol. The van der Waals surface area contributed by atoms with Gasteiger partial charge in [0.25, 0.3) is 0 Å². The molecule has 122 valence electrons. The van der Waals surface area contributed by atoms with Gasteiger partial charge in [0, 0.05) is 0 Å². The second kappa shape index (κ2) is 7.28. The molecule has 0 saturated carbocycles. The summed E-state index contributed by atoms with van der Waals surface area (Å²) in [5.41, 5.74) is 3.96. The molecule has 1 unspecified atom stereocenters. The van der Waals surface area contributed by atoms with Crippen molar-refractivity contribution in [3.63, 3.8) is 0 Å². The van der Waals surface area contributed by atoms with Gasteiger partial charge in [-0.1, -0.05) is 31.2 Å². The van der Waals surface area contributed by atoms with E-state index in [1.165, 1.54) is 16.7 Å². The van der Waals surface area contributed by atoms with Crippen molar-refractivity contribution in [3.8, 4) is 0 Å². The maximum Gasteiger partial charge on any atom is 0.306 e. The third-order valence-electron chi connectivity index (χ3n) is 4.81. The Morgan fingerprint density at radius 1 is 1.22 bits per heavy atom. The number of nitrogens with zero attached hydrogens (tertiary/aromatic N) is 1. The summed E-state index contributed by atoms with van der Waals surface area (Å²) >= 11 is 1.72. The molecule has 2 heterocycles. The minimum absolute atomic E-state index is 0.183. The number of hydrogen-bond donors (Lipinski definition) is 1. The molecule has 0 spiro atoms. The molecule has 1 aromatic heterocycles. The number of carboxylic acids is 1. The summed E-state index contributed by atoms with van der Waals surface area (Å²) in [5.74, 6) is -0.833. The van der Waals surface area contributed by atoms with E-state index in [9.17, 15) is 9.90 Å². The number of carboxylic acid groups (broad SMARTS) is 1. The number of aryl methyl sites for hydroxylation is 1. The second-order valence-corrected chi connectivity index (χ2v) is 6.98. The molecule has 23 heavy (non-hydrogen) atoms. The quantitative estimate of drug-likeness (QED) is 0.894. The molecule has 3 rings (SSSR count). The number of piperidine rings is 1. The van der Waals surface area contributed by atoms with Gasteiger partial charge in [0.2, 0.25) is 0 Å². The van der Waals surface area contributed by atoms with Crippen LogP contribution < -0.4 is 0 Å². The normalized spacial score (nSPS) is 18.0. The Morgan fingerprint density at radius 3 is 2.43 bits per heavy atom. The summed E-state index contributed by atoms with van der Waals surface area (Å²) < 4.78 is 0. The summed E-state index contributed by atoms with van der Waals surface area (Å²) in [7, 11) is 0. The minimum Gasteiger partial charge on any atom is -0.481 e. The minimum atomic E-state index is -0.649. The predicted octanol–water partition coefficient (Wildman–Crippen LogP) is 4.20. The summed E-state index contributed by atoms with van der Waals surface area (Å²) in [4.78, 5) is 13.6. The fourth-order valence-electron chi connectivity index (χ4n) is 3.38. The average Bonchev–Trinajstić information content (AvgIpc) is 3.10. The highest BCUT2D eigenvalue weighted by atomic mass is 32.1. The first-order valence-corrected chi connectivity index (χ1v) is 9.21. The van der Waals surface area contributed by atoms with Crippen molar-refractivity contribution in [1.29, 1.82) is 0 Å². The van der Waals surface area contributed by atoms with E-state index in [1.54, 1.807) is 11.3 Å². The maximum absolute atomic E-state index is 11.2. The third-order valence-corrected chi connectivity index (χ3v) is 5.51. The highest BCUT2D eigenvalue weighted by Gasteiger charge is 2.30. The van der Waals surface area contributed by atoms with E-state index in [0.29, 0.717) is 0 Å². The lowest BCUT2D eigenvalue weighted by Crippen LogP contribution is -2.39. The molecule has 0 aliphatic carbocycles. The summed E-state index contributed by atoms with van der Waals surface area (Å²) in [6.07, 6.45) is 2.53. The zero-order valence-corrected chi connectivity index (χ0v) is 14.3. The van der Waals surface area contributed by atoms with Crippen molar-refractivity contribution in [2.24, 2.45) is 5.92 Å². The van der Waals surface area contributed by atoms with Gasteiger partial charge in [-0.15, -0.1) is 0 Å². The molecule has 1 fully saturated rings. The Hall–Kier alpha value is -1.65. The van der Waals surface area contributed by atoms with Gasteiger partial charge >= 0.3 is 5.97 Å². The van der Waals surface area contributed by atoms with Crippen LogP contribution in [0.1, 0.15) is 42.5 Å². The van der Waals surface area contributed by atoms with Crippen LogP contribution in [-0.4, -0.2) is 29.1 Å². The molecule has 1 aliphatic rings. The van der Waals surface area contributed by atoms with E-state index in [4.69, 9.17) is 0 Å². The van der Waals surface area contributed by atoms with Crippen LogP contribution in [0.5, 0.6) is 0 Å². The number of thiophene rings is 1. The Kier molecular flexibility index (Phi) is 5.13. The predicted molar refractivity (Wildman–Crippen MR) is 93.9 cm³/mol.